The van der Waals surface area contributed by atoms with Crippen molar-refractivity contribution in [2.75, 3.05) is 11.9 Å². The highest BCUT2D eigenvalue weighted by Gasteiger charge is 2.86. The molecular weight excluding hydrogens is 492 g/mol. The molecule has 1 saturated heterocycles. The molecule has 2 aromatic carbocycles. The van der Waals surface area contributed by atoms with E-state index in [4.69, 9.17) is 0 Å². The van der Waals surface area contributed by atoms with Gasteiger partial charge in [0, 0.05) is 24.2 Å². The van der Waals surface area contributed by atoms with E-state index >= 15 is 0 Å². The highest BCUT2D eigenvalue weighted by Crippen LogP contribution is 2.87. The lowest BCUT2D eigenvalue weighted by atomic mass is 9.29. The molecule has 0 radical (unpaired) electrons. The first-order valence-electron chi connectivity index (χ1n) is 14.3. The second kappa shape index (κ2) is 8.01. The Morgan fingerprint density at radius 3 is 2.46 bits per heavy atom. The van der Waals surface area contributed by atoms with Crippen molar-refractivity contribution in [2.45, 2.75) is 63.1 Å². The van der Waals surface area contributed by atoms with Gasteiger partial charge in [-0.3, -0.25) is 29.4 Å². The molecule has 6 unspecified atom stereocenters. The topological polar surface area (TPSA) is 108 Å². The lowest BCUT2D eigenvalue weighted by molar-refractivity contribution is -0.258. The van der Waals surface area contributed by atoms with Crippen LogP contribution >= 0.6 is 0 Å². The number of carbonyl (C=O) groups is 4. The number of piperidine rings is 1. The van der Waals surface area contributed by atoms with Crippen LogP contribution in [0.2, 0.25) is 0 Å². The van der Waals surface area contributed by atoms with Gasteiger partial charge in [-0.15, -0.1) is 0 Å². The number of imide groups is 2. The third kappa shape index (κ3) is 2.98. The van der Waals surface area contributed by atoms with Crippen LogP contribution in [-0.4, -0.2) is 46.7 Å². The molecule has 8 nitrogen and oxygen atoms in total. The van der Waals surface area contributed by atoms with Crippen molar-refractivity contribution >= 4 is 29.3 Å². The third-order valence-electron chi connectivity index (χ3n) is 11.1. The lowest BCUT2D eigenvalue weighted by Crippen LogP contribution is -2.82. The molecule has 5 aliphatic carbocycles. The maximum Gasteiger partial charge on any atom is 0.264 e. The first-order chi connectivity index (χ1) is 18.9. The number of amides is 4. The maximum absolute atomic E-state index is 13.3. The molecule has 2 aliphatic heterocycles. The zero-order valence-electron chi connectivity index (χ0n) is 21.8. The van der Waals surface area contributed by atoms with Crippen molar-refractivity contribution in [3.05, 3.63) is 64.7 Å². The summed E-state index contributed by atoms with van der Waals surface area (Å²) in [7, 11) is 0. The lowest BCUT2D eigenvalue weighted by Gasteiger charge is -2.78. The summed E-state index contributed by atoms with van der Waals surface area (Å²) in [5, 5.41) is 9.56. The Morgan fingerprint density at radius 2 is 1.69 bits per heavy atom. The molecule has 3 N–H and O–H groups in total. The number of hydrogen-bond donors (Lipinski definition) is 3. The third-order valence-corrected chi connectivity index (χ3v) is 11.1. The minimum Gasteiger partial charge on any atom is -0.380 e. The Kier molecular flexibility index (Phi) is 4.80. The van der Waals surface area contributed by atoms with E-state index in [2.05, 4.69) is 40.2 Å². The van der Waals surface area contributed by atoms with E-state index in [1.165, 1.54) is 31.2 Å². The van der Waals surface area contributed by atoms with Crippen molar-refractivity contribution in [3.8, 4) is 0 Å². The van der Waals surface area contributed by atoms with Crippen LogP contribution in [0.15, 0.2) is 42.5 Å². The largest absolute Gasteiger partial charge is 0.380 e. The normalized spacial score (nSPS) is 35.0. The number of nitrogens with zero attached hydrogens (tertiary/aromatic N) is 1. The average Bonchev–Trinajstić information content (AvgIpc) is 3.39. The second-order valence-electron chi connectivity index (χ2n) is 12.5. The molecule has 9 rings (SSSR count). The van der Waals surface area contributed by atoms with Crippen molar-refractivity contribution in [2.24, 2.45) is 23.2 Å². The average molecular weight is 525 g/mol. The van der Waals surface area contributed by atoms with Crippen LogP contribution in [0.5, 0.6) is 0 Å². The number of fused-ring (bicyclic) bond motifs is 1. The molecule has 8 heteroatoms. The summed E-state index contributed by atoms with van der Waals surface area (Å²) in [5.41, 5.74) is 4.69. The number of anilines is 1. The van der Waals surface area contributed by atoms with Gasteiger partial charge >= 0.3 is 0 Å². The van der Waals surface area contributed by atoms with Gasteiger partial charge in [-0.05, 0) is 91.5 Å². The van der Waals surface area contributed by atoms with Crippen LogP contribution in [0.25, 0.3) is 0 Å². The fraction of sp³-hybridized carbons (Fsp3) is 0.484. The Labute approximate surface area is 226 Å². The number of hydrogen-bond acceptors (Lipinski definition) is 6. The van der Waals surface area contributed by atoms with Crippen molar-refractivity contribution in [1.29, 1.82) is 0 Å². The van der Waals surface area contributed by atoms with Gasteiger partial charge in [0.05, 0.1) is 11.1 Å². The standard InChI is InChI=1S/C31H32N4O4/c36-25-9-8-24(27(37)34-25)35-28(38)22-2-1-3-23(26(22)29(35)39)32-16-18-6-4-17(5-7-18)10-11-33-31-15-20-12-19-13-21(31)14-30(19,20)31/h1-7,19-21,24,32-33H,8-16H2,(H,34,36,37). The van der Waals surface area contributed by atoms with Crippen LogP contribution in [0, 0.1) is 23.2 Å². The van der Waals surface area contributed by atoms with Gasteiger partial charge in [-0.25, -0.2) is 0 Å². The van der Waals surface area contributed by atoms with Gasteiger partial charge in [0.25, 0.3) is 11.8 Å². The number of nitrogens with one attached hydrogen (secondary N) is 3. The molecule has 5 saturated carbocycles. The minimum absolute atomic E-state index is 0.101. The van der Waals surface area contributed by atoms with E-state index < -0.39 is 23.8 Å². The quantitative estimate of drug-likeness (QED) is 0.459. The number of carbonyl (C=O) groups excluding carboxylic acids is 4. The maximum atomic E-state index is 13.3. The van der Waals surface area contributed by atoms with Gasteiger partial charge in [0.15, 0.2) is 0 Å². The molecule has 2 heterocycles. The van der Waals surface area contributed by atoms with Gasteiger partial charge in [-0.2, -0.15) is 0 Å². The Bertz CT molecular complexity index is 1450. The van der Waals surface area contributed by atoms with E-state index in [1.54, 1.807) is 18.2 Å². The van der Waals surface area contributed by atoms with Gasteiger partial charge < -0.3 is 10.6 Å². The zero-order valence-corrected chi connectivity index (χ0v) is 21.8. The summed E-state index contributed by atoms with van der Waals surface area (Å²) in [4.78, 5) is 51.2. The van der Waals surface area contributed by atoms with Crippen molar-refractivity contribution < 1.29 is 19.2 Å². The van der Waals surface area contributed by atoms with Crippen LogP contribution in [0.3, 0.4) is 0 Å². The molecule has 200 valence electrons. The van der Waals surface area contributed by atoms with E-state index in [-0.39, 0.29) is 29.9 Å². The van der Waals surface area contributed by atoms with Crippen LogP contribution in [-0.2, 0) is 22.6 Å². The van der Waals surface area contributed by atoms with E-state index in [0.29, 0.717) is 23.2 Å². The summed E-state index contributed by atoms with van der Waals surface area (Å²) < 4.78 is 0. The predicted octanol–water partition coefficient (Wildman–Crippen LogP) is 3.02. The molecule has 2 aromatic rings. The molecule has 6 atom stereocenters. The molecule has 6 fully saturated rings. The summed E-state index contributed by atoms with van der Waals surface area (Å²) in [6, 6.07) is 12.7. The van der Waals surface area contributed by atoms with Gasteiger partial charge in [0.2, 0.25) is 11.8 Å². The van der Waals surface area contributed by atoms with E-state index in [0.717, 1.165) is 41.2 Å². The number of rotatable bonds is 8. The molecule has 1 spiro atoms. The highest BCUT2D eigenvalue weighted by molar-refractivity contribution is 6.25. The molecular formula is C31H32N4O4. The molecule has 2 bridgehead atoms. The summed E-state index contributed by atoms with van der Waals surface area (Å²) in [5.74, 6) is 0.971. The van der Waals surface area contributed by atoms with Crippen molar-refractivity contribution in [3.63, 3.8) is 0 Å². The first-order valence-corrected chi connectivity index (χ1v) is 14.3. The predicted molar refractivity (Wildman–Crippen MR) is 143 cm³/mol. The zero-order chi connectivity index (χ0) is 26.5. The van der Waals surface area contributed by atoms with E-state index in [9.17, 15) is 19.2 Å². The smallest absolute Gasteiger partial charge is 0.264 e. The molecule has 7 aliphatic rings. The fourth-order valence-corrected chi connectivity index (χ4v) is 9.32. The van der Waals surface area contributed by atoms with Gasteiger partial charge in [-0.1, -0.05) is 30.3 Å². The summed E-state index contributed by atoms with van der Waals surface area (Å²) in [6.45, 7) is 1.54. The van der Waals surface area contributed by atoms with Crippen molar-refractivity contribution in [1.82, 2.24) is 15.5 Å². The second-order valence-corrected chi connectivity index (χ2v) is 12.5. The Balaban J connectivity index is 0.899. The van der Waals surface area contributed by atoms with Gasteiger partial charge in [0.1, 0.15) is 6.04 Å². The summed E-state index contributed by atoms with van der Waals surface area (Å²) in [6.07, 6.45) is 7.10. The monoisotopic (exact) mass is 524 g/mol. The molecule has 0 aromatic heterocycles. The Morgan fingerprint density at radius 1 is 0.897 bits per heavy atom. The molecule has 39 heavy (non-hydrogen) atoms. The van der Waals surface area contributed by atoms with Crippen LogP contribution in [0.4, 0.5) is 5.69 Å². The highest BCUT2D eigenvalue weighted by atomic mass is 16.2. The number of benzene rings is 2. The fourth-order valence-electron chi connectivity index (χ4n) is 9.32. The van der Waals surface area contributed by atoms with E-state index in [1.807, 2.05) is 0 Å². The Hall–Kier alpha value is -3.52. The first kappa shape index (κ1) is 23.4. The van der Waals surface area contributed by atoms with Crippen LogP contribution in [0.1, 0.15) is 70.4 Å². The molecule has 4 amide bonds. The van der Waals surface area contributed by atoms with Crippen LogP contribution < -0.4 is 16.0 Å². The summed E-state index contributed by atoms with van der Waals surface area (Å²) >= 11 is 0. The SMILES string of the molecule is O=C1CCC(N2C(=O)c3cccc(NCc4ccc(CCNC56CC7CC8CC5CC876)cc4)c3C2=O)C(=O)N1. The minimum atomic E-state index is -0.968.